The monoisotopic (exact) mass is 367 g/mol. The van der Waals surface area contributed by atoms with Crippen molar-refractivity contribution in [3.63, 3.8) is 0 Å². The van der Waals surface area contributed by atoms with Crippen molar-refractivity contribution in [1.29, 1.82) is 0 Å². The minimum absolute atomic E-state index is 0.120. The summed E-state index contributed by atoms with van der Waals surface area (Å²) in [5.41, 5.74) is -0.414. The van der Waals surface area contributed by atoms with E-state index in [1.807, 2.05) is 0 Å². The van der Waals surface area contributed by atoms with Gasteiger partial charge in [-0.15, -0.1) is 0 Å². The molecule has 8 heteroatoms. The Hall–Kier alpha value is -2.87. The molecule has 0 bridgehead atoms. The third-order valence-electron chi connectivity index (χ3n) is 3.48. The van der Waals surface area contributed by atoms with Crippen LogP contribution in [-0.4, -0.2) is 23.1 Å². The van der Waals surface area contributed by atoms with Crippen LogP contribution < -0.4 is 5.32 Å². The number of hydrogen-bond acceptors (Lipinski definition) is 4. The van der Waals surface area contributed by atoms with Crippen molar-refractivity contribution < 1.29 is 32.6 Å². The van der Waals surface area contributed by atoms with E-state index in [1.54, 1.807) is 18.2 Å². The largest absolute Gasteiger partial charge is 0.450 e. The number of anilines is 1. The Labute approximate surface area is 147 Å². The molecular formula is C18H16F3NO4. The first-order chi connectivity index (χ1) is 12.2. The zero-order chi connectivity index (χ0) is 19.3. The molecule has 0 aliphatic heterocycles. The van der Waals surface area contributed by atoms with E-state index in [4.69, 9.17) is 4.74 Å². The van der Waals surface area contributed by atoms with Crippen molar-refractivity contribution in [3.05, 3.63) is 65.7 Å². The summed E-state index contributed by atoms with van der Waals surface area (Å²) in [6.45, 7) is 1.29. The number of carbonyl (C=O) groups excluding carboxylic acids is 2. The van der Waals surface area contributed by atoms with Crippen molar-refractivity contribution in [2.45, 2.75) is 25.3 Å². The molecule has 2 aromatic carbocycles. The van der Waals surface area contributed by atoms with Gasteiger partial charge in [0.25, 0.3) is 5.91 Å². The predicted octanol–water partition coefficient (Wildman–Crippen LogP) is 3.31. The Morgan fingerprint density at radius 3 is 2.15 bits per heavy atom. The van der Waals surface area contributed by atoms with Crippen LogP contribution in [0.5, 0.6) is 0 Å². The molecule has 0 fully saturated rings. The number of esters is 1. The van der Waals surface area contributed by atoms with Crippen molar-refractivity contribution in [2.75, 3.05) is 5.32 Å². The minimum Gasteiger partial charge on any atom is -0.450 e. The topological polar surface area (TPSA) is 75.6 Å². The molecule has 0 aliphatic rings. The molecule has 1 amide bonds. The molecule has 26 heavy (non-hydrogen) atoms. The van der Waals surface area contributed by atoms with Gasteiger partial charge < -0.3 is 15.2 Å². The van der Waals surface area contributed by atoms with Gasteiger partial charge in [-0.25, -0.2) is 4.79 Å². The van der Waals surface area contributed by atoms with Crippen LogP contribution in [0.3, 0.4) is 0 Å². The number of halogens is 3. The van der Waals surface area contributed by atoms with Gasteiger partial charge in [0.2, 0.25) is 0 Å². The van der Waals surface area contributed by atoms with E-state index in [0.717, 1.165) is 24.3 Å². The highest BCUT2D eigenvalue weighted by Crippen LogP contribution is 2.29. The Bertz CT molecular complexity index is 760. The number of aliphatic hydroxyl groups is 1. The average molecular weight is 367 g/mol. The standard InChI is InChI=1S/C18H16F3NO4/c1-11(26-17(25)15(23)12-5-3-2-4-6-12)16(24)22-14-9-7-13(8-10-14)18(19,20)21/h2-11,15,23H,1H3,(H,22,24)/t11-,15-/m0/s1. The predicted molar refractivity (Wildman–Crippen MR) is 87.0 cm³/mol. The molecule has 0 saturated carbocycles. The van der Waals surface area contributed by atoms with Crippen LogP contribution in [0.2, 0.25) is 0 Å². The third-order valence-corrected chi connectivity index (χ3v) is 3.48. The summed E-state index contributed by atoms with van der Waals surface area (Å²) in [5, 5.41) is 12.2. The number of benzene rings is 2. The number of alkyl halides is 3. The maximum Gasteiger partial charge on any atom is 0.416 e. The number of nitrogens with one attached hydrogen (secondary N) is 1. The summed E-state index contributed by atoms with van der Waals surface area (Å²) in [6, 6.07) is 11.9. The summed E-state index contributed by atoms with van der Waals surface area (Å²) in [5.74, 6) is -1.75. The van der Waals surface area contributed by atoms with Gasteiger partial charge in [-0.05, 0) is 36.8 Å². The van der Waals surface area contributed by atoms with Crippen LogP contribution in [0.4, 0.5) is 18.9 Å². The fraction of sp³-hybridized carbons (Fsp3) is 0.222. The normalized spacial score (nSPS) is 13.6. The number of aliphatic hydroxyl groups excluding tert-OH is 1. The van der Waals surface area contributed by atoms with Crippen molar-refractivity contribution >= 4 is 17.6 Å². The molecular weight excluding hydrogens is 351 g/mol. The van der Waals surface area contributed by atoms with Gasteiger partial charge in [0.1, 0.15) is 0 Å². The lowest BCUT2D eigenvalue weighted by Crippen LogP contribution is -2.31. The summed E-state index contributed by atoms with van der Waals surface area (Å²) in [6.07, 6.45) is -7.26. The molecule has 5 nitrogen and oxygen atoms in total. The van der Waals surface area contributed by atoms with Crippen LogP contribution in [0, 0.1) is 0 Å². The van der Waals surface area contributed by atoms with Gasteiger partial charge in [-0.3, -0.25) is 4.79 Å². The molecule has 0 heterocycles. The Morgan fingerprint density at radius 1 is 1.04 bits per heavy atom. The second kappa shape index (κ2) is 8.01. The number of carbonyl (C=O) groups is 2. The number of amides is 1. The van der Waals surface area contributed by atoms with Gasteiger partial charge >= 0.3 is 12.1 Å². The zero-order valence-electron chi connectivity index (χ0n) is 13.7. The molecule has 2 N–H and O–H groups in total. The number of ether oxygens (including phenoxy) is 1. The average Bonchev–Trinajstić information content (AvgIpc) is 2.61. The highest BCUT2D eigenvalue weighted by molar-refractivity contribution is 5.95. The van der Waals surface area contributed by atoms with E-state index < -0.39 is 35.8 Å². The van der Waals surface area contributed by atoms with Gasteiger partial charge in [0.15, 0.2) is 12.2 Å². The second-order valence-electron chi connectivity index (χ2n) is 5.46. The Balaban J connectivity index is 1.94. The molecule has 2 atom stereocenters. The molecule has 2 aromatic rings. The Morgan fingerprint density at radius 2 is 1.62 bits per heavy atom. The van der Waals surface area contributed by atoms with Gasteiger partial charge in [-0.2, -0.15) is 13.2 Å². The van der Waals surface area contributed by atoms with E-state index in [0.29, 0.717) is 5.56 Å². The van der Waals surface area contributed by atoms with E-state index in [-0.39, 0.29) is 5.69 Å². The van der Waals surface area contributed by atoms with Crippen molar-refractivity contribution in [2.24, 2.45) is 0 Å². The van der Waals surface area contributed by atoms with Crippen molar-refractivity contribution in [3.8, 4) is 0 Å². The quantitative estimate of drug-likeness (QED) is 0.795. The third kappa shape index (κ3) is 5.06. The number of hydrogen-bond donors (Lipinski definition) is 2. The molecule has 0 saturated heterocycles. The van der Waals surface area contributed by atoms with Gasteiger partial charge in [0, 0.05) is 5.69 Å². The molecule has 0 aliphatic carbocycles. The fourth-order valence-electron chi connectivity index (χ4n) is 2.05. The lowest BCUT2D eigenvalue weighted by Gasteiger charge is -2.16. The van der Waals surface area contributed by atoms with Crippen LogP contribution >= 0.6 is 0 Å². The first kappa shape index (κ1) is 19.5. The zero-order valence-corrected chi connectivity index (χ0v) is 13.7. The second-order valence-corrected chi connectivity index (χ2v) is 5.46. The first-order valence-corrected chi connectivity index (χ1v) is 7.60. The van der Waals surface area contributed by atoms with Crippen LogP contribution in [-0.2, 0) is 20.5 Å². The van der Waals surface area contributed by atoms with E-state index in [1.165, 1.54) is 19.1 Å². The highest BCUT2D eigenvalue weighted by Gasteiger charge is 2.30. The summed E-state index contributed by atoms with van der Waals surface area (Å²) >= 11 is 0. The van der Waals surface area contributed by atoms with Crippen LogP contribution in [0.1, 0.15) is 24.2 Å². The van der Waals surface area contributed by atoms with E-state index in [2.05, 4.69) is 5.32 Å². The minimum atomic E-state index is -4.47. The molecule has 0 unspecified atom stereocenters. The summed E-state index contributed by atoms with van der Waals surface area (Å²) in [7, 11) is 0. The molecule has 138 valence electrons. The molecule has 0 radical (unpaired) electrons. The molecule has 0 spiro atoms. The van der Waals surface area contributed by atoms with E-state index in [9.17, 15) is 27.9 Å². The van der Waals surface area contributed by atoms with Crippen LogP contribution in [0.25, 0.3) is 0 Å². The Kier molecular flexibility index (Phi) is 5.99. The fourth-order valence-corrected chi connectivity index (χ4v) is 2.05. The van der Waals surface area contributed by atoms with Crippen LogP contribution in [0.15, 0.2) is 54.6 Å². The number of rotatable bonds is 5. The molecule has 0 aromatic heterocycles. The lowest BCUT2D eigenvalue weighted by molar-refractivity contribution is -0.162. The summed E-state index contributed by atoms with van der Waals surface area (Å²) < 4.78 is 42.4. The highest BCUT2D eigenvalue weighted by atomic mass is 19.4. The van der Waals surface area contributed by atoms with Gasteiger partial charge in [-0.1, -0.05) is 30.3 Å². The summed E-state index contributed by atoms with van der Waals surface area (Å²) in [4.78, 5) is 23.9. The SMILES string of the molecule is C[C@H](OC(=O)[C@@H](O)c1ccccc1)C(=O)Nc1ccc(C(F)(F)F)cc1. The van der Waals surface area contributed by atoms with Gasteiger partial charge in [0.05, 0.1) is 5.56 Å². The maximum absolute atomic E-state index is 12.5. The van der Waals surface area contributed by atoms with E-state index >= 15 is 0 Å². The van der Waals surface area contributed by atoms with Crippen molar-refractivity contribution in [1.82, 2.24) is 0 Å². The lowest BCUT2D eigenvalue weighted by atomic mass is 10.1. The first-order valence-electron chi connectivity index (χ1n) is 7.60. The maximum atomic E-state index is 12.5. The molecule has 2 rings (SSSR count). The smallest absolute Gasteiger partial charge is 0.416 e.